The monoisotopic (exact) mass is 412 g/mol. The second-order valence-electron chi connectivity index (χ2n) is 7.23. The Labute approximate surface area is 174 Å². The molecular weight excluding hydrogens is 387 g/mol. The molecule has 3 aromatic rings. The number of nitrogens with one attached hydrogen (secondary N) is 1. The lowest BCUT2D eigenvalue weighted by Gasteiger charge is -2.23. The first-order valence-corrected chi connectivity index (χ1v) is 10.5. The molecule has 2 aromatic carbocycles. The average molecular weight is 413 g/mol. The number of hydrogen-bond acceptors (Lipinski definition) is 4. The number of aromatic nitrogens is 3. The molecule has 152 valence electrons. The lowest BCUT2D eigenvalue weighted by molar-refractivity contribution is -0.119. The Morgan fingerprint density at radius 3 is 2.45 bits per heavy atom. The lowest BCUT2D eigenvalue weighted by Crippen LogP contribution is -2.33. The number of carbonyl (C=O) groups excluding carboxylic acids is 1. The highest BCUT2D eigenvalue weighted by molar-refractivity contribution is 7.99. The Kier molecular flexibility index (Phi) is 7.04. The van der Waals surface area contributed by atoms with E-state index < -0.39 is 0 Å². The number of halogens is 1. The van der Waals surface area contributed by atoms with Crippen molar-refractivity contribution in [3.8, 4) is 0 Å². The smallest absolute Gasteiger partial charge is 0.230 e. The fourth-order valence-corrected chi connectivity index (χ4v) is 3.86. The van der Waals surface area contributed by atoms with Crippen molar-refractivity contribution in [2.24, 2.45) is 5.92 Å². The minimum absolute atomic E-state index is 0.0926. The third kappa shape index (κ3) is 5.67. The van der Waals surface area contributed by atoms with Gasteiger partial charge in [-0.25, -0.2) is 4.39 Å². The molecule has 1 unspecified atom stereocenters. The van der Waals surface area contributed by atoms with E-state index in [0.29, 0.717) is 11.7 Å². The number of rotatable bonds is 8. The van der Waals surface area contributed by atoms with Gasteiger partial charge in [-0.2, -0.15) is 0 Å². The van der Waals surface area contributed by atoms with Crippen LogP contribution in [0.15, 0.2) is 59.8 Å². The molecule has 0 radical (unpaired) electrons. The van der Waals surface area contributed by atoms with Crippen LogP contribution < -0.4 is 5.32 Å². The molecule has 1 N–H and O–H groups in total. The summed E-state index contributed by atoms with van der Waals surface area (Å²) in [5.74, 6) is 0.842. The molecule has 1 heterocycles. The van der Waals surface area contributed by atoms with E-state index in [1.54, 1.807) is 12.1 Å². The quantitative estimate of drug-likeness (QED) is 0.558. The summed E-state index contributed by atoms with van der Waals surface area (Å²) in [5.41, 5.74) is 2.04. The molecule has 0 aliphatic heterocycles. The molecule has 0 fully saturated rings. The van der Waals surface area contributed by atoms with Crippen LogP contribution in [0.5, 0.6) is 0 Å². The van der Waals surface area contributed by atoms with Crippen LogP contribution in [0.2, 0.25) is 0 Å². The van der Waals surface area contributed by atoms with Crippen LogP contribution in [-0.2, 0) is 11.3 Å². The summed E-state index contributed by atoms with van der Waals surface area (Å²) in [6, 6.07) is 16.2. The zero-order chi connectivity index (χ0) is 20.8. The van der Waals surface area contributed by atoms with Crippen molar-refractivity contribution in [1.82, 2.24) is 20.1 Å². The Morgan fingerprint density at radius 1 is 1.10 bits per heavy atom. The molecule has 0 saturated heterocycles. The van der Waals surface area contributed by atoms with Crippen LogP contribution >= 0.6 is 11.8 Å². The fraction of sp³-hybridized carbons (Fsp3) is 0.318. The first kappa shape index (κ1) is 21.0. The highest BCUT2D eigenvalue weighted by atomic mass is 32.2. The highest BCUT2D eigenvalue weighted by Gasteiger charge is 2.19. The van der Waals surface area contributed by atoms with Crippen molar-refractivity contribution in [2.75, 3.05) is 5.75 Å². The molecule has 0 aliphatic rings. The van der Waals surface area contributed by atoms with Crippen LogP contribution in [-0.4, -0.2) is 26.4 Å². The summed E-state index contributed by atoms with van der Waals surface area (Å²) < 4.78 is 15.2. The van der Waals surface area contributed by atoms with E-state index in [9.17, 15) is 9.18 Å². The zero-order valence-electron chi connectivity index (χ0n) is 16.8. The molecule has 1 atom stereocenters. The Bertz CT molecular complexity index is 941. The van der Waals surface area contributed by atoms with Gasteiger partial charge in [0.15, 0.2) is 5.16 Å². The number of nitrogens with zero attached hydrogens (tertiary/aromatic N) is 3. The van der Waals surface area contributed by atoms with E-state index in [0.717, 1.165) is 17.0 Å². The topological polar surface area (TPSA) is 59.8 Å². The molecule has 5 nitrogen and oxygen atoms in total. The van der Waals surface area contributed by atoms with E-state index in [1.165, 1.54) is 23.9 Å². The normalized spacial score (nSPS) is 12.2. The van der Waals surface area contributed by atoms with Crippen molar-refractivity contribution in [2.45, 2.75) is 38.5 Å². The maximum absolute atomic E-state index is 13.2. The summed E-state index contributed by atoms with van der Waals surface area (Å²) in [6.45, 7) is 6.62. The van der Waals surface area contributed by atoms with Crippen LogP contribution in [0.4, 0.5) is 4.39 Å². The van der Waals surface area contributed by atoms with Gasteiger partial charge < -0.3 is 9.88 Å². The molecule has 0 spiro atoms. The van der Waals surface area contributed by atoms with Gasteiger partial charge in [-0.3, -0.25) is 4.79 Å². The number of thioether (sulfide) groups is 1. The Morgan fingerprint density at radius 2 is 1.79 bits per heavy atom. The van der Waals surface area contributed by atoms with Gasteiger partial charge in [0.1, 0.15) is 11.6 Å². The van der Waals surface area contributed by atoms with E-state index in [1.807, 2.05) is 43.5 Å². The predicted octanol–water partition coefficient (Wildman–Crippen LogP) is 4.38. The van der Waals surface area contributed by atoms with Crippen molar-refractivity contribution < 1.29 is 9.18 Å². The largest absolute Gasteiger partial charge is 0.348 e. The summed E-state index contributed by atoms with van der Waals surface area (Å²) in [7, 11) is 0. The van der Waals surface area contributed by atoms with E-state index >= 15 is 0 Å². The van der Waals surface area contributed by atoms with Crippen molar-refractivity contribution in [1.29, 1.82) is 0 Å². The molecule has 3 rings (SSSR count). The van der Waals surface area contributed by atoms with E-state index in [-0.39, 0.29) is 29.4 Å². The summed E-state index contributed by atoms with van der Waals surface area (Å²) in [6.07, 6.45) is 0. The number of benzene rings is 2. The second-order valence-corrected chi connectivity index (χ2v) is 8.17. The lowest BCUT2D eigenvalue weighted by atomic mass is 9.96. The van der Waals surface area contributed by atoms with E-state index in [2.05, 4.69) is 27.6 Å². The third-order valence-corrected chi connectivity index (χ3v) is 5.60. The molecule has 7 heteroatoms. The average Bonchev–Trinajstić information content (AvgIpc) is 3.05. The number of carbonyl (C=O) groups is 1. The number of aryl methyl sites for hydroxylation is 1. The van der Waals surface area contributed by atoms with Gasteiger partial charge in [-0.1, -0.05) is 68.1 Å². The van der Waals surface area contributed by atoms with Crippen molar-refractivity contribution >= 4 is 17.7 Å². The number of amides is 1. The Balaban J connectivity index is 1.63. The van der Waals surface area contributed by atoms with E-state index in [4.69, 9.17) is 0 Å². The maximum Gasteiger partial charge on any atom is 0.230 e. The molecule has 1 amide bonds. The second kappa shape index (κ2) is 9.69. The van der Waals surface area contributed by atoms with Gasteiger partial charge in [-0.05, 0) is 36.1 Å². The van der Waals surface area contributed by atoms with Gasteiger partial charge >= 0.3 is 0 Å². The van der Waals surface area contributed by atoms with Crippen LogP contribution in [0.25, 0.3) is 0 Å². The molecular formula is C22H25FN4OS. The van der Waals surface area contributed by atoms with Gasteiger partial charge in [0.2, 0.25) is 5.91 Å². The van der Waals surface area contributed by atoms with Gasteiger partial charge in [0, 0.05) is 0 Å². The zero-order valence-corrected chi connectivity index (χ0v) is 17.6. The first-order valence-electron chi connectivity index (χ1n) is 9.55. The standard InChI is InChI=1S/C22H25FN4OS/c1-15(2)21(18-9-11-19(23)12-10-18)24-20(28)14-29-22-26-25-16(3)27(22)13-17-7-5-4-6-8-17/h4-12,15,21H,13-14H2,1-3H3,(H,24,28). The molecule has 0 saturated carbocycles. The van der Waals surface area contributed by atoms with Gasteiger partial charge in [0.05, 0.1) is 18.3 Å². The SMILES string of the molecule is Cc1nnc(SCC(=O)NC(c2ccc(F)cc2)C(C)C)n1Cc1ccccc1. The van der Waals surface area contributed by atoms with Gasteiger partial charge in [0.25, 0.3) is 0 Å². The maximum atomic E-state index is 13.2. The predicted molar refractivity (Wildman–Crippen MR) is 113 cm³/mol. The van der Waals surface area contributed by atoms with Crippen molar-refractivity contribution in [3.05, 3.63) is 77.4 Å². The summed E-state index contributed by atoms with van der Waals surface area (Å²) in [4.78, 5) is 12.6. The van der Waals surface area contributed by atoms with Crippen LogP contribution in [0.3, 0.4) is 0 Å². The fourth-order valence-electron chi connectivity index (χ4n) is 3.07. The molecule has 0 bridgehead atoms. The van der Waals surface area contributed by atoms with Crippen LogP contribution in [0, 0.1) is 18.7 Å². The molecule has 1 aromatic heterocycles. The Hall–Kier alpha value is -2.67. The van der Waals surface area contributed by atoms with Crippen LogP contribution in [0.1, 0.15) is 36.8 Å². The highest BCUT2D eigenvalue weighted by Crippen LogP contribution is 2.23. The minimum Gasteiger partial charge on any atom is -0.348 e. The van der Waals surface area contributed by atoms with Gasteiger partial charge in [-0.15, -0.1) is 10.2 Å². The number of hydrogen-bond donors (Lipinski definition) is 1. The first-order chi connectivity index (χ1) is 13.9. The summed E-state index contributed by atoms with van der Waals surface area (Å²) >= 11 is 1.36. The third-order valence-electron chi connectivity index (χ3n) is 4.63. The van der Waals surface area contributed by atoms with Crippen molar-refractivity contribution in [3.63, 3.8) is 0 Å². The minimum atomic E-state index is -0.286. The molecule has 0 aliphatic carbocycles. The summed E-state index contributed by atoms with van der Waals surface area (Å²) in [5, 5.41) is 12.2. The molecule has 29 heavy (non-hydrogen) atoms.